The van der Waals surface area contributed by atoms with E-state index in [1.807, 2.05) is 0 Å². The molecule has 10 heteroatoms. The van der Waals surface area contributed by atoms with E-state index in [4.69, 9.17) is 51.1 Å². The number of aromatic nitrogens is 1. The molecule has 0 radical (unpaired) electrons. The number of Topliss-reactive ketones (excluding diaryl/α,β-unsaturated/α-hetero) is 1. The van der Waals surface area contributed by atoms with E-state index in [-0.39, 0.29) is 38.5 Å². The number of aliphatic hydroxyl groups excluding tert-OH is 1. The maximum absolute atomic E-state index is 13.2. The van der Waals surface area contributed by atoms with Crippen LogP contribution in [0, 0.1) is 0 Å². The molecule has 34 heavy (non-hydrogen) atoms. The van der Waals surface area contributed by atoms with Crippen molar-refractivity contribution in [3.63, 3.8) is 0 Å². The Morgan fingerprint density at radius 3 is 2.29 bits per heavy atom. The Hall–Kier alpha value is -2.77. The average molecular weight is 538 g/mol. The highest BCUT2D eigenvalue weighted by Gasteiger charge is 2.46. The number of likely N-dealkylation sites (tertiary alicyclic amines) is 1. The van der Waals surface area contributed by atoms with Gasteiger partial charge < -0.3 is 14.7 Å². The van der Waals surface area contributed by atoms with Crippen molar-refractivity contribution in [1.82, 2.24) is 9.88 Å². The van der Waals surface area contributed by atoms with Crippen LogP contribution >= 0.6 is 46.4 Å². The molecule has 174 valence electrons. The summed E-state index contributed by atoms with van der Waals surface area (Å²) in [5, 5.41) is 12.0. The number of amides is 1. The van der Waals surface area contributed by atoms with Crippen molar-refractivity contribution in [3.8, 4) is 5.75 Å². The van der Waals surface area contributed by atoms with Crippen molar-refractivity contribution in [2.75, 3.05) is 7.11 Å². The highest BCUT2D eigenvalue weighted by atomic mass is 35.5. The summed E-state index contributed by atoms with van der Waals surface area (Å²) in [5.74, 6) is -1.89. The minimum Gasteiger partial charge on any atom is -0.507 e. The van der Waals surface area contributed by atoms with Gasteiger partial charge in [0.2, 0.25) is 0 Å². The Morgan fingerprint density at radius 2 is 1.71 bits per heavy atom. The lowest BCUT2D eigenvalue weighted by atomic mass is 9.95. The van der Waals surface area contributed by atoms with Crippen LogP contribution in [0.15, 0.2) is 60.3 Å². The predicted molar refractivity (Wildman–Crippen MR) is 132 cm³/mol. The van der Waals surface area contributed by atoms with Crippen LogP contribution in [0.25, 0.3) is 5.76 Å². The predicted octanol–water partition coefficient (Wildman–Crippen LogP) is 6.33. The number of hydrogen-bond acceptors (Lipinski definition) is 5. The first-order valence-corrected chi connectivity index (χ1v) is 11.4. The first-order valence-electron chi connectivity index (χ1n) is 9.89. The van der Waals surface area contributed by atoms with Gasteiger partial charge in [-0.2, -0.15) is 0 Å². The molecule has 0 bridgehead atoms. The van der Waals surface area contributed by atoms with Crippen molar-refractivity contribution >= 4 is 63.9 Å². The van der Waals surface area contributed by atoms with Gasteiger partial charge in [0, 0.05) is 11.8 Å². The number of pyridine rings is 1. The Morgan fingerprint density at radius 1 is 1.00 bits per heavy atom. The highest BCUT2D eigenvalue weighted by molar-refractivity contribution is 6.47. The minimum absolute atomic E-state index is 0.0250. The highest BCUT2D eigenvalue weighted by Crippen LogP contribution is 2.43. The number of nitrogens with zero attached hydrogens (tertiary/aromatic N) is 2. The van der Waals surface area contributed by atoms with E-state index in [1.165, 1.54) is 24.1 Å². The molecule has 2 aromatic carbocycles. The number of halogens is 4. The quantitative estimate of drug-likeness (QED) is 0.234. The Balaban J connectivity index is 1.91. The van der Waals surface area contributed by atoms with Gasteiger partial charge in [-0.25, -0.2) is 0 Å². The van der Waals surface area contributed by atoms with Crippen LogP contribution in [0.3, 0.4) is 0 Å². The normalized spacial score (nSPS) is 17.3. The summed E-state index contributed by atoms with van der Waals surface area (Å²) in [6, 6.07) is 11.8. The molecule has 0 aliphatic carbocycles. The van der Waals surface area contributed by atoms with E-state index in [0.717, 1.165) is 0 Å². The smallest absolute Gasteiger partial charge is 0.296 e. The van der Waals surface area contributed by atoms with Gasteiger partial charge in [-0.1, -0.05) is 58.5 Å². The lowest BCUT2D eigenvalue weighted by Gasteiger charge is -2.25. The molecule has 1 amide bonds. The minimum atomic E-state index is -0.962. The summed E-state index contributed by atoms with van der Waals surface area (Å²) < 4.78 is 5.15. The third-order valence-electron chi connectivity index (χ3n) is 5.33. The Labute approximate surface area is 215 Å². The second kappa shape index (κ2) is 9.84. The van der Waals surface area contributed by atoms with E-state index in [0.29, 0.717) is 16.3 Å². The fourth-order valence-corrected chi connectivity index (χ4v) is 4.73. The van der Waals surface area contributed by atoms with Gasteiger partial charge in [-0.05, 0) is 42.0 Å². The number of hydrogen-bond donors (Lipinski definition) is 1. The van der Waals surface area contributed by atoms with E-state index >= 15 is 0 Å². The van der Waals surface area contributed by atoms with Crippen molar-refractivity contribution < 1.29 is 19.4 Å². The van der Waals surface area contributed by atoms with Crippen molar-refractivity contribution in [1.29, 1.82) is 0 Å². The lowest BCUT2D eigenvalue weighted by molar-refractivity contribution is -0.140. The topological polar surface area (TPSA) is 79.7 Å². The molecular weight excluding hydrogens is 522 g/mol. The van der Waals surface area contributed by atoms with E-state index < -0.39 is 23.5 Å². The van der Waals surface area contributed by atoms with Crippen LogP contribution in [0.1, 0.15) is 22.9 Å². The van der Waals surface area contributed by atoms with E-state index in [2.05, 4.69) is 4.98 Å². The van der Waals surface area contributed by atoms with Crippen LogP contribution < -0.4 is 4.74 Å². The summed E-state index contributed by atoms with van der Waals surface area (Å²) in [4.78, 5) is 31.8. The SMILES string of the molecule is COc1c(Cl)cc(/C(O)=C2\C(=O)C(=O)N(Cc3ccccn3)C2c2ccc(Cl)c(Cl)c2)cc1Cl. The molecule has 2 heterocycles. The zero-order valence-corrected chi connectivity index (χ0v) is 20.6. The zero-order chi connectivity index (χ0) is 24.6. The van der Waals surface area contributed by atoms with Crippen LogP contribution in [0.2, 0.25) is 20.1 Å². The number of benzene rings is 2. The van der Waals surface area contributed by atoms with Gasteiger partial charge >= 0.3 is 0 Å². The zero-order valence-electron chi connectivity index (χ0n) is 17.6. The van der Waals surface area contributed by atoms with Crippen molar-refractivity contribution in [2.45, 2.75) is 12.6 Å². The summed E-state index contributed by atoms with van der Waals surface area (Å²) >= 11 is 24.8. The molecule has 0 spiro atoms. The Kier molecular flexibility index (Phi) is 7.05. The second-order valence-electron chi connectivity index (χ2n) is 7.39. The summed E-state index contributed by atoms with van der Waals surface area (Å²) in [5.41, 5.74) is 1.05. The molecular formula is C24H16Cl4N2O4. The van der Waals surface area contributed by atoms with Crippen molar-refractivity contribution in [2.24, 2.45) is 0 Å². The number of carbonyl (C=O) groups excluding carboxylic acids is 2. The van der Waals surface area contributed by atoms with Crippen LogP contribution in [-0.4, -0.2) is 33.8 Å². The first kappa shape index (κ1) is 24.4. The monoisotopic (exact) mass is 536 g/mol. The number of carbonyl (C=O) groups is 2. The van der Waals surface area contributed by atoms with Crippen LogP contribution in [0.4, 0.5) is 0 Å². The van der Waals surface area contributed by atoms with Gasteiger partial charge in [-0.15, -0.1) is 0 Å². The van der Waals surface area contributed by atoms with E-state index in [1.54, 1.807) is 42.6 Å². The molecule has 4 rings (SSSR count). The van der Waals surface area contributed by atoms with Crippen LogP contribution in [-0.2, 0) is 16.1 Å². The van der Waals surface area contributed by atoms with Crippen molar-refractivity contribution in [3.05, 3.63) is 97.2 Å². The largest absolute Gasteiger partial charge is 0.507 e. The molecule has 6 nitrogen and oxygen atoms in total. The summed E-state index contributed by atoms with van der Waals surface area (Å²) in [6.45, 7) is 0.0250. The Bertz CT molecular complexity index is 1300. The van der Waals surface area contributed by atoms with Gasteiger partial charge in [0.05, 0.1) is 51.1 Å². The standard InChI is InChI=1S/C24H16Cl4N2O4/c1-34-23-17(27)9-13(10-18(23)28)21(31)19-20(12-5-6-15(25)16(26)8-12)30(24(33)22(19)32)11-14-4-2-3-7-29-14/h2-10,20,31H,11H2,1H3/b21-19+. The molecule has 1 N–H and O–H groups in total. The molecule has 3 aromatic rings. The number of methoxy groups -OCH3 is 1. The molecule has 1 aliphatic rings. The average Bonchev–Trinajstić information content (AvgIpc) is 3.06. The number of ether oxygens (including phenoxy) is 1. The lowest BCUT2D eigenvalue weighted by Crippen LogP contribution is -2.29. The summed E-state index contributed by atoms with van der Waals surface area (Å²) in [7, 11) is 1.40. The van der Waals surface area contributed by atoms with Gasteiger partial charge in [-0.3, -0.25) is 14.6 Å². The molecule has 1 aliphatic heterocycles. The number of rotatable bonds is 5. The molecule has 0 saturated carbocycles. The molecule has 1 unspecified atom stereocenters. The third-order valence-corrected chi connectivity index (χ3v) is 6.63. The van der Waals surface area contributed by atoms with Gasteiger partial charge in [0.1, 0.15) is 5.76 Å². The molecule has 1 fully saturated rings. The van der Waals surface area contributed by atoms with Gasteiger partial charge in [0.25, 0.3) is 11.7 Å². The molecule has 1 saturated heterocycles. The maximum atomic E-state index is 13.2. The number of ketones is 1. The second-order valence-corrected chi connectivity index (χ2v) is 9.02. The maximum Gasteiger partial charge on any atom is 0.296 e. The van der Waals surface area contributed by atoms with Gasteiger partial charge in [0.15, 0.2) is 5.75 Å². The fourth-order valence-electron chi connectivity index (χ4n) is 3.79. The van der Waals surface area contributed by atoms with Crippen LogP contribution in [0.5, 0.6) is 5.75 Å². The third kappa shape index (κ3) is 4.46. The first-order chi connectivity index (χ1) is 16.2. The molecule has 1 atom stereocenters. The summed E-state index contributed by atoms with van der Waals surface area (Å²) in [6.07, 6.45) is 1.58. The van der Waals surface area contributed by atoms with E-state index in [9.17, 15) is 14.7 Å². The number of aliphatic hydroxyl groups is 1. The fraction of sp³-hybridized carbons (Fsp3) is 0.125. The molecule has 1 aromatic heterocycles.